The molecular formula is C29H38FN7O4. The van der Waals surface area contributed by atoms with Crippen LogP contribution in [-0.4, -0.2) is 88.2 Å². The fourth-order valence-corrected chi connectivity index (χ4v) is 5.01. The van der Waals surface area contributed by atoms with Crippen LogP contribution in [0.15, 0.2) is 47.5 Å². The SMILES string of the molecule is CC(=O)O.CC(C)C1CN(C(=O)Nc2cccc(F)c2)CCN1C(=Nc1cccc2c1CCN(CCO)C2)NC#N. The van der Waals surface area contributed by atoms with E-state index in [4.69, 9.17) is 14.9 Å². The van der Waals surface area contributed by atoms with Gasteiger partial charge in [0, 0.05) is 51.9 Å². The van der Waals surface area contributed by atoms with Crippen molar-refractivity contribution in [3.8, 4) is 6.19 Å². The summed E-state index contributed by atoms with van der Waals surface area (Å²) in [5.74, 6) is -0.597. The average molecular weight is 568 g/mol. The van der Waals surface area contributed by atoms with Gasteiger partial charge in [0.05, 0.1) is 18.3 Å². The van der Waals surface area contributed by atoms with Crippen LogP contribution in [0.2, 0.25) is 0 Å². The van der Waals surface area contributed by atoms with Crippen LogP contribution >= 0.6 is 0 Å². The van der Waals surface area contributed by atoms with E-state index >= 15 is 0 Å². The van der Waals surface area contributed by atoms with Crippen molar-refractivity contribution in [1.29, 1.82) is 5.26 Å². The number of aliphatic imine (C=N–C) groups is 1. The highest BCUT2D eigenvalue weighted by Gasteiger charge is 2.34. The number of aliphatic hydroxyl groups excluding tert-OH is 1. The van der Waals surface area contributed by atoms with Gasteiger partial charge < -0.3 is 25.3 Å². The lowest BCUT2D eigenvalue weighted by Crippen LogP contribution is -2.60. The van der Waals surface area contributed by atoms with Gasteiger partial charge in [-0.3, -0.25) is 15.0 Å². The van der Waals surface area contributed by atoms with Gasteiger partial charge in [-0.05, 0) is 47.7 Å². The molecule has 220 valence electrons. The molecule has 2 aliphatic heterocycles. The summed E-state index contributed by atoms with van der Waals surface area (Å²) in [5, 5.41) is 31.8. The molecule has 0 spiro atoms. The Labute approximate surface area is 239 Å². The minimum absolute atomic E-state index is 0.0776. The van der Waals surface area contributed by atoms with Crippen LogP contribution in [0.4, 0.5) is 20.6 Å². The van der Waals surface area contributed by atoms with Gasteiger partial charge in [-0.1, -0.05) is 32.0 Å². The van der Waals surface area contributed by atoms with Crippen molar-refractivity contribution in [3.63, 3.8) is 0 Å². The highest BCUT2D eigenvalue weighted by atomic mass is 19.1. The number of rotatable bonds is 5. The number of nitrogens with one attached hydrogen (secondary N) is 2. The van der Waals surface area contributed by atoms with Gasteiger partial charge in [-0.2, -0.15) is 5.26 Å². The van der Waals surface area contributed by atoms with Crippen LogP contribution in [0.3, 0.4) is 0 Å². The number of carboxylic acids is 1. The Hall–Kier alpha value is -4.21. The van der Waals surface area contributed by atoms with Gasteiger partial charge >= 0.3 is 6.03 Å². The standard InChI is InChI=1S/C27H34FN7O2.C2H4O2/c1-19(2)25-17-34(27(37)31-22-7-4-6-21(28)15-22)11-12-35(25)26(30-18-29)32-24-8-3-5-20-16-33(13-14-36)10-9-23(20)24;1-2(3)4/h3-8,15,19,25,36H,9-14,16-17H2,1-2H3,(H,30,32)(H,31,37);1H3,(H,3,4). The number of anilines is 1. The third-order valence-electron chi connectivity index (χ3n) is 6.95. The number of hydrogen-bond donors (Lipinski definition) is 4. The monoisotopic (exact) mass is 567 g/mol. The van der Waals surface area contributed by atoms with Crippen LogP contribution in [0.5, 0.6) is 0 Å². The summed E-state index contributed by atoms with van der Waals surface area (Å²) in [7, 11) is 0. The predicted octanol–water partition coefficient (Wildman–Crippen LogP) is 3.20. The lowest BCUT2D eigenvalue weighted by atomic mass is 9.98. The summed E-state index contributed by atoms with van der Waals surface area (Å²) in [4.78, 5) is 32.8. The summed E-state index contributed by atoms with van der Waals surface area (Å²) >= 11 is 0. The van der Waals surface area contributed by atoms with Crippen molar-refractivity contribution >= 4 is 29.3 Å². The van der Waals surface area contributed by atoms with E-state index in [-0.39, 0.29) is 24.6 Å². The molecule has 0 aromatic heterocycles. The third kappa shape index (κ3) is 8.89. The number of aliphatic hydroxyl groups is 1. The number of β-amino-alcohol motifs (C(OH)–C–C–N with tert-alkyl or cyclic N) is 1. The molecule has 1 saturated heterocycles. The fraction of sp³-hybridized carbons (Fsp3) is 0.448. The first kappa shape index (κ1) is 31.3. The molecule has 2 aromatic carbocycles. The molecule has 11 nitrogen and oxygen atoms in total. The molecule has 2 amide bonds. The normalized spacial score (nSPS) is 17.2. The predicted molar refractivity (Wildman–Crippen MR) is 154 cm³/mol. The number of carbonyl (C=O) groups is 2. The first-order valence-corrected chi connectivity index (χ1v) is 13.6. The number of piperazine rings is 1. The summed E-state index contributed by atoms with van der Waals surface area (Å²) in [6.45, 7) is 8.97. The summed E-state index contributed by atoms with van der Waals surface area (Å²) in [6.07, 6.45) is 2.85. The Morgan fingerprint density at radius 3 is 2.59 bits per heavy atom. The number of halogens is 1. The minimum atomic E-state index is -0.833. The number of nitrogens with zero attached hydrogens (tertiary/aromatic N) is 5. The highest BCUT2D eigenvalue weighted by Crippen LogP contribution is 2.29. The Morgan fingerprint density at radius 1 is 1.20 bits per heavy atom. The van der Waals surface area contributed by atoms with E-state index in [9.17, 15) is 19.6 Å². The van der Waals surface area contributed by atoms with Crippen molar-refractivity contribution in [2.45, 2.75) is 39.8 Å². The molecule has 0 bridgehead atoms. The number of fused-ring (bicyclic) bond motifs is 1. The number of hydrogen-bond acceptors (Lipinski definition) is 6. The van der Waals surface area contributed by atoms with Gasteiger partial charge in [0.2, 0.25) is 5.96 Å². The molecule has 4 N–H and O–H groups in total. The molecule has 1 unspecified atom stereocenters. The molecule has 2 aromatic rings. The Morgan fingerprint density at radius 2 is 1.93 bits per heavy atom. The molecule has 2 heterocycles. The Kier molecular flexibility index (Phi) is 11.4. The maximum Gasteiger partial charge on any atom is 0.321 e. The van der Waals surface area contributed by atoms with Crippen LogP contribution in [0.1, 0.15) is 31.9 Å². The van der Waals surface area contributed by atoms with Crippen molar-refractivity contribution < 1.29 is 24.2 Å². The Bertz CT molecular complexity index is 1280. The van der Waals surface area contributed by atoms with Crippen molar-refractivity contribution in [3.05, 3.63) is 59.4 Å². The maximum absolute atomic E-state index is 13.5. The first-order valence-electron chi connectivity index (χ1n) is 13.6. The number of guanidine groups is 1. The molecule has 1 atom stereocenters. The second-order valence-corrected chi connectivity index (χ2v) is 10.2. The minimum Gasteiger partial charge on any atom is -0.481 e. The van der Waals surface area contributed by atoms with E-state index in [1.807, 2.05) is 18.3 Å². The van der Waals surface area contributed by atoms with E-state index in [2.05, 4.69) is 40.3 Å². The topological polar surface area (TPSA) is 145 Å². The number of urea groups is 1. The number of nitriles is 1. The second kappa shape index (κ2) is 15.0. The molecule has 0 radical (unpaired) electrons. The zero-order valence-electron chi connectivity index (χ0n) is 23.7. The van der Waals surface area contributed by atoms with Gasteiger partial charge in [-0.25, -0.2) is 14.2 Å². The van der Waals surface area contributed by atoms with Crippen LogP contribution in [0, 0.1) is 23.2 Å². The van der Waals surface area contributed by atoms with Crippen LogP contribution in [0.25, 0.3) is 0 Å². The number of carboxylic acid groups (broad SMARTS) is 1. The van der Waals surface area contributed by atoms with Crippen molar-refractivity contribution in [1.82, 2.24) is 20.0 Å². The molecular weight excluding hydrogens is 529 g/mol. The second-order valence-electron chi connectivity index (χ2n) is 10.2. The smallest absolute Gasteiger partial charge is 0.321 e. The molecule has 12 heteroatoms. The van der Waals surface area contributed by atoms with E-state index in [0.29, 0.717) is 37.8 Å². The summed E-state index contributed by atoms with van der Waals surface area (Å²) in [6, 6.07) is 11.5. The van der Waals surface area contributed by atoms with Crippen LogP contribution < -0.4 is 10.6 Å². The van der Waals surface area contributed by atoms with E-state index in [0.717, 1.165) is 37.7 Å². The molecule has 2 aliphatic rings. The zero-order chi connectivity index (χ0) is 29.9. The third-order valence-corrected chi connectivity index (χ3v) is 6.95. The largest absolute Gasteiger partial charge is 0.481 e. The number of carbonyl (C=O) groups excluding carboxylic acids is 1. The van der Waals surface area contributed by atoms with Gasteiger partial charge in [-0.15, -0.1) is 0 Å². The Balaban J connectivity index is 0.00000108. The number of aliphatic carboxylic acids is 1. The van der Waals surface area contributed by atoms with Gasteiger partial charge in [0.25, 0.3) is 5.97 Å². The average Bonchev–Trinajstić information content (AvgIpc) is 2.92. The maximum atomic E-state index is 13.5. The van der Waals surface area contributed by atoms with E-state index in [1.165, 1.54) is 17.7 Å². The molecule has 0 saturated carbocycles. The molecule has 4 rings (SSSR count). The lowest BCUT2D eigenvalue weighted by Gasteiger charge is -2.44. The fourth-order valence-electron chi connectivity index (χ4n) is 5.01. The van der Waals surface area contributed by atoms with Gasteiger partial charge in [0.15, 0.2) is 6.19 Å². The van der Waals surface area contributed by atoms with Gasteiger partial charge in [0.1, 0.15) is 5.82 Å². The van der Waals surface area contributed by atoms with Crippen LogP contribution in [-0.2, 0) is 17.8 Å². The summed E-state index contributed by atoms with van der Waals surface area (Å²) < 4.78 is 13.5. The molecule has 41 heavy (non-hydrogen) atoms. The number of benzene rings is 2. The first-order chi connectivity index (χ1) is 19.6. The lowest BCUT2D eigenvalue weighted by molar-refractivity contribution is -0.134. The molecule has 1 fully saturated rings. The van der Waals surface area contributed by atoms with Crippen molar-refractivity contribution in [2.24, 2.45) is 10.9 Å². The van der Waals surface area contributed by atoms with E-state index in [1.54, 1.807) is 17.0 Å². The number of amides is 2. The quantitative estimate of drug-likeness (QED) is 0.187. The molecule has 0 aliphatic carbocycles. The van der Waals surface area contributed by atoms with Crippen molar-refractivity contribution in [2.75, 3.05) is 44.6 Å². The zero-order valence-corrected chi connectivity index (χ0v) is 23.7. The van der Waals surface area contributed by atoms with E-state index < -0.39 is 11.8 Å². The summed E-state index contributed by atoms with van der Waals surface area (Å²) in [5.41, 5.74) is 3.57. The highest BCUT2D eigenvalue weighted by molar-refractivity contribution is 5.90.